The van der Waals surface area contributed by atoms with Crippen molar-refractivity contribution in [3.05, 3.63) is 0 Å². The molecule has 15 heavy (non-hydrogen) atoms. The van der Waals surface area contributed by atoms with Crippen LogP contribution in [-0.4, -0.2) is 30.8 Å². The molecule has 0 bridgehead atoms. The van der Waals surface area contributed by atoms with Crippen LogP contribution in [-0.2, 0) is 4.79 Å². The van der Waals surface area contributed by atoms with Gasteiger partial charge < -0.3 is 9.69 Å². The summed E-state index contributed by atoms with van der Waals surface area (Å²) in [4.78, 5) is 13.4. The molecule has 2 heteroatoms. The smallest absolute Gasteiger partial charge is 0.127 e. The predicted octanol–water partition coefficient (Wildman–Crippen LogP) is 2.87. The number of nitrogens with zero attached hydrogens (tertiary/aromatic N) is 1. The van der Waals surface area contributed by atoms with E-state index in [0.29, 0.717) is 6.04 Å². The van der Waals surface area contributed by atoms with Crippen LogP contribution in [0, 0.1) is 5.41 Å². The van der Waals surface area contributed by atoms with Crippen LogP contribution in [0.3, 0.4) is 0 Å². The summed E-state index contributed by atoms with van der Waals surface area (Å²) in [7, 11) is 2.17. The van der Waals surface area contributed by atoms with Gasteiger partial charge in [-0.1, -0.05) is 33.1 Å². The lowest BCUT2D eigenvalue weighted by molar-refractivity contribution is -0.116. The number of aldehydes is 1. The van der Waals surface area contributed by atoms with Crippen LogP contribution < -0.4 is 0 Å². The highest BCUT2D eigenvalue weighted by Gasteiger charge is 2.27. The molecule has 0 spiro atoms. The monoisotopic (exact) mass is 211 g/mol. The molecule has 0 radical (unpaired) electrons. The second kappa shape index (κ2) is 5.64. The minimum atomic E-state index is -0.147. The Balaban J connectivity index is 2.45. The van der Waals surface area contributed by atoms with Gasteiger partial charge in [-0.25, -0.2) is 0 Å². The van der Waals surface area contributed by atoms with Crippen LogP contribution in [0.15, 0.2) is 0 Å². The van der Waals surface area contributed by atoms with Gasteiger partial charge >= 0.3 is 0 Å². The molecular weight excluding hydrogens is 186 g/mol. The van der Waals surface area contributed by atoms with Crippen molar-refractivity contribution in [1.82, 2.24) is 4.90 Å². The van der Waals surface area contributed by atoms with Crippen LogP contribution in [0.1, 0.15) is 52.4 Å². The summed E-state index contributed by atoms with van der Waals surface area (Å²) in [5, 5.41) is 0. The van der Waals surface area contributed by atoms with Crippen molar-refractivity contribution in [2.75, 3.05) is 13.6 Å². The predicted molar refractivity (Wildman–Crippen MR) is 64.0 cm³/mol. The quantitative estimate of drug-likeness (QED) is 0.652. The average Bonchev–Trinajstić information content (AvgIpc) is 2.30. The Hall–Kier alpha value is -0.370. The minimum Gasteiger partial charge on any atom is -0.303 e. The maximum atomic E-state index is 11.0. The van der Waals surface area contributed by atoms with Gasteiger partial charge in [0, 0.05) is 18.0 Å². The van der Waals surface area contributed by atoms with E-state index < -0.39 is 0 Å². The first kappa shape index (κ1) is 12.7. The van der Waals surface area contributed by atoms with E-state index in [2.05, 4.69) is 25.8 Å². The third-order valence-corrected chi connectivity index (χ3v) is 3.90. The fraction of sp³-hybridized carbons (Fsp3) is 0.923. The molecular formula is C13H25NO. The summed E-state index contributed by atoms with van der Waals surface area (Å²) in [5.74, 6) is 0. The van der Waals surface area contributed by atoms with Crippen molar-refractivity contribution in [1.29, 1.82) is 0 Å². The van der Waals surface area contributed by atoms with E-state index >= 15 is 0 Å². The van der Waals surface area contributed by atoms with Gasteiger partial charge in [0.05, 0.1) is 0 Å². The molecule has 0 amide bonds. The molecule has 0 aliphatic heterocycles. The van der Waals surface area contributed by atoms with Crippen LogP contribution in [0.25, 0.3) is 0 Å². The SMILES string of the molecule is CCC(C)(C=O)CN(C)C1CCCCC1. The molecule has 1 aliphatic carbocycles. The van der Waals surface area contributed by atoms with E-state index in [0.717, 1.165) is 19.3 Å². The van der Waals surface area contributed by atoms with Crippen LogP contribution >= 0.6 is 0 Å². The topological polar surface area (TPSA) is 20.3 Å². The van der Waals surface area contributed by atoms with Gasteiger partial charge in [0.15, 0.2) is 0 Å². The van der Waals surface area contributed by atoms with Gasteiger partial charge in [0.25, 0.3) is 0 Å². The molecule has 0 saturated heterocycles. The Labute approximate surface area is 94.0 Å². The van der Waals surface area contributed by atoms with E-state index in [4.69, 9.17) is 0 Å². The Bertz CT molecular complexity index is 199. The van der Waals surface area contributed by atoms with Crippen molar-refractivity contribution < 1.29 is 4.79 Å². The van der Waals surface area contributed by atoms with E-state index in [-0.39, 0.29) is 5.41 Å². The normalized spacial score (nSPS) is 22.7. The van der Waals surface area contributed by atoms with Crippen molar-refractivity contribution in [2.45, 2.75) is 58.4 Å². The first-order chi connectivity index (χ1) is 7.11. The fourth-order valence-electron chi connectivity index (χ4n) is 2.45. The summed E-state index contributed by atoms with van der Waals surface area (Å²) in [6.45, 7) is 5.08. The van der Waals surface area contributed by atoms with E-state index in [9.17, 15) is 4.79 Å². The van der Waals surface area contributed by atoms with Crippen molar-refractivity contribution in [3.8, 4) is 0 Å². The maximum absolute atomic E-state index is 11.0. The minimum absolute atomic E-state index is 0.147. The molecule has 1 unspecified atom stereocenters. The second-order valence-corrected chi connectivity index (χ2v) is 5.33. The van der Waals surface area contributed by atoms with Gasteiger partial charge in [0.2, 0.25) is 0 Å². The van der Waals surface area contributed by atoms with E-state index in [1.165, 1.54) is 32.1 Å². The molecule has 1 fully saturated rings. The zero-order valence-electron chi connectivity index (χ0n) is 10.5. The molecule has 2 nitrogen and oxygen atoms in total. The first-order valence-corrected chi connectivity index (χ1v) is 6.28. The Morgan fingerprint density at radius 2 is 1.93 bits per heavy atom. The lowest BCUT2D eigenvalue weighted by atomic mass is 9.87. The van der Waals surface area contributed by atoms with Crippen molar-refractivity contribution in [3.63, 3.8) is 0 Å². The van der Waals surface area contributed by atoms with Gasteiger partial charge in [-0.3, -0.25) is 0 Å². The summed E-state index contributed by atoms with van der Waals surface area (Å²) in [6.07, 6.45) is 8.81. The second-order valence-electron chi connectivity index (χ2n) is 5.33. The van der Waals surface area contributed by atoms with Crippen LogP contribution in [0.4, 0.5) is 0 Å². The van der Waals surface area contributed by atoms with Crippen LogP contribution in [0.5, 0.6) is 0 Å². The van der Waals surface area contributed by atoms with Gasteiger partial charge in [-0.2, -0.15) is 0 Å². The Morgan fingerprint density at radius 3 is 2.40 bits per heavy atom. The standard InChI is InChI=1S/C13H25NO/c1-4-13(2,11-15)10-14(3)12-8-6-5-7-9-12/h11-12H,4-10H2,1-3H3. The lowest BCUT2D eigenvalue weighted by Crippen LogP contribution is -2.41. The highest BCUT2D eigenvalue weighted by Crippen LogP contribution is 2.25. The number of hydrogen-bond acceptors (Lipinski definition) is 2. The maximum Gasteiger partial charge on any atom is 0.127 e. The molecule has 88 valence electrons. The zero-order chi connectivity index (χ0) is 11.3. The highest BCUT2D eigenvalue weighted by atomic mass is 16.1. The Morgan fingerprint density at radius 1 is 1.33 bits per heavy atom. The molecule has 0 heterocycles. The molecule has 1 saturated carbocycles. The number of carbonyl (C=O) groups is 1. The Kier molecular flexibility index (Phi) is 4.78. The molecule has 0 aromatic rings. The van der Waals surface area contributed by atoms with Crippen LogP contribution in [0.2, 0.25) is 0 Å². The molecule has 1 aliphatic rings. The highest BCUT2D eigenvalue weighted by molar-refractivity contribution is 5.58. The summed E-state index contributed by atoms with van der Waals surface area (Å²) < 4.78 is 0. The number of hydrogen-bond donors (Lipinski definition) is 0. The lowest BCUT2D eigenvalue weighted by Gasteiger charge is -2.35. The largest absolute Gasteiger partial charge is 0.303 e. The zero-order valence-corrected chi connectivity index (χ0v) is 10.5. The first-order valence-electron chi connectivity index (χ1n) is 6.28. The molecule has 1 rings (SSSR count). The molecule has 0 aromatic heterocycles. The third kappa shape index (κ3) is 3.60. The van der Waals surface area contributed by atoms with E-state index in [1.54, 1.807) is 0 Å². The third-order valence-electron chi connectivity index (χ3n) is 3.90. The fourth-order valence-corrected chi connectivity index (χ4v) is 2.45. The van der Waals surface area contributed by atoms with Gasteiger partial charge in [-0.05, 0) is 26.3 Å². The average molecular weight is 211 g/mol. The van der Waals surface area contributed by atoms with Gasteiger partial charge in [-0.15, -0.1) is 0 Å². The van der Waals surface area contributed by atoms with E-state index in [1.807, 2.05) is 0 Å². The van der Waals surface area contributed by atoms with Crippen molar-refractivity contribution >= 4 is 6.29 Å². The number of rotatable bonds is 5. The summed E-state index contributed by atoms with van der Waals surface area (Å²) >= 11 is 0. The van der Waals surface area contributed by atoms with Gasteiger partial charge in [0.1, 0.15) is 6.29 Å². The molecule has 1 atom stereocenters. The number of carbonyl (C=O) groups excluding carboxylic acids is 1. The summed E-state index contributed by atoms with van der Waals surface area (Å²) in [6, 6.07) is 0.713. The molecule has 0 N–H and O–H groups in total. The van der Waals surface area contributed by atoms with Crippen molar-refractivity contribution in [2.24, 2.45) is 5.41 Å². The molecule has 0 aromatic carbocycles. The summed E-state index contributed by atoms with van der Waals surface area (Å²) in [5.41, 5.74) is -0.147.